The predicted octanol–water partition coefficient (Wildman–Crippen LogP) is 3.04. The lowest BCUT2D eigenvalue weighted by Gasteiger charge is -2.37. The average molecular weight is 357 g/mol. The summed E-state index contributed by atoms with van der Waals surface area (Å²) in [5.74, 6) is 1.38. The van der Waals surface area contributed by atoms with Crippen LogP contribution in [-0.4, -0.2) is 53.1 Å². The van der Waals surface area contributed by atoms with E-state index in [4.69, 9.17) is 9.26 Å². The Labute approximate surface area is 154 Å². The summed E-state index contributed by atoms with van der Waals surface area (Å²) in [7, 11) is 0. The molecule has 3 rings (SSSR count). The molecule has 0 saturated carbocycles. The SMILES string of the molecule is Cc1noc(C)c1COc1ccccc1C(=O)N1CCN(C(C)C)CC1. The summed E-state index contributed by atoms with van der Waals surface area (Å²) in [6.45, 7) is 11.8. The standard InChI is InChI=1S/C20H27N3O3/c1-14(2)22-9-11-23(12-10-22)20(24)17-7-5-6-8-19(17)25-13-18-15(3)21-26-16(18)4/h5-8,14H,9-13H2,1-4H3. The summed E-state index contributed by atoms with van der Waals surface area (Å²) in [6.07, 6.45) is 0. The molecule has 1 aromatic carbocycles. The Hall–Kier alpha value is -2.34. The number of aryl methyl sites for hydroxylation is 2. The Morgan fingerprint density at radius 2 is 1.88 bits per heavy atom. The van der Waals surface area contributed by atoms with E-state index in [1.807, 2.05) is 43.0 Å². The van der Waals surface area contributed by atoms with Crippen LogP contribution < -0.4 is 4.74 Å². The predicted molar refractivity (Wildman–Crippen MR) is 99.4 cm³/mol. The first-order valence-electron chi connectivity index (χ1n) is 9.14. The molecule has 2 heterocycles. The van der Waals surface area contributed by atoms with Crippen molar-refractivity contribution in [1.82, 2.24) is 15.0 Å². The van der Waals surface area contributed by atoms with Crippen LogP contribution >= 0.6 is 0 Å². The Kier molecular flexibility index (Phi) is 5.61. The minimum absolute atomic E-state index is 0.0303. The van der Waals surface area contributed by atoms with Crippen LogP contribution in [0, 0.1) is 13.8 Å². The molecule has 1 aromatic heterocycles. The molecule has 26 heavy (non-hydrogen) atoms. The molecule has 1 aliphatic rings. The van der Waals surface area contributed by atoms with Gasteiger partial charge in [0.25, 0.3) is 5.91 Å². The highest BCUT2D eigenvalue weighted by molar-refractivity contribution is 5.97. The summed E-state index contributed by atoms with van der Waals surface area (Å²) < 4.78 is 11.1. The lowest BCUT2D eigenvalue weighted by atomic mass is 10.1. The number of para-hydroxylation sites is 1. The third-order valence-corrected chi connectivity index (χ3v) is 5.00. The van der Waals surface area contributed by atoms with Gasteiger partial charge in [0.15, 0.2) is 0 Å². The molecule has 0 radical (unpaired) electrons. The van der Waals surface area contributed by atoms with Crippen LogP contribution in [0.2, 0.25) is 0 Å². The van der Waals surface area contributed by atoms with Gasteiger partial charge in [0.1, 0.15) is 18.1 Å². The molecule has 0 N–H and O–H groups in total. The molecule has 0 spiro atoms. The van der Waals surface area contributed by atoms with Crippen LogP contribution in [0.25, 0.3) is 0 Å². The third-order valence-electron chi connectivity index (χ3n) is 5.00. The zero-order valence-corrected chi connectivity index (χ0v) is 16.0. The zero-order chi connectivity index (χ0) is 18.7. The average Bonchev–Trinajstić information content (AvgIpc) is 2.97. The molecule has 1 aliphatic heterocycles. The molecule has 1 saturated heterocycles. The molecule has 140 valence electrons. The Morgan fingerprint density at radius 3 is 2.50 bits per heavy atom. The third kappa shape index (κ3) is 3.90. The number of piperazine rings is 1. The van der Waals surface area contributed by atoms with Gasteiger partial charge in [-0.2, -0.15) is 0 Å². The van der Waals surface area contributed by atoms with Crippen LogP contribution in [0.5, 0.6) is 5.75 Å². The van der Waals surface area contributed by atoms with Gasteiger partial charge >= 0.3 is 0 Å². The van der Waals surface area contributed by atoms with E-state index in [-0.39, 0.29) is 5.91 Å². The fourth-order valence-corrected chi connectivity index (χ4v) is 3.24. The van der Waals surface area contributed by atoms with E-state index in [9.17, 15) is 4.79 Å². The van der Waals surface area contributed by atoms with Gasteiger partial charge in [0.2, 0.25) is 0 Å². The van der Waals surface area contributed by atoms with Gasteiger partial charge in [0.05, 0.1) is 16.8 Å². The van der Waals surface area contributed by atoms with Crippen molar-refractivity contribution in [1.29, 1.82) is 0 Å². The van der Waals surface area contributed by atoms with Gasteiger partial charge in [-0.15, -0.1) is 0 Å². The number of rotatable bonds is 5. The van der Waals surface area contributed by atoms with Crippen molar-refractivity contribution in [2.24, 2.45) is 0 Å². The first-order valence-corrected chi connectivity index (χ1v) is 9.14. The number of hydrogen-bond donors (Lipinski definition) is 0. The number of carbonyl (C=O) groups excluding carboxylic acids is 1. The normalized spacial score (nSPS) is 15.5. The maximum atomic E-state index is 13.0. The second kappa shape index (κ2) is 7.91. The molecule has 0 aliphatic carbocycles. The largest absolute Gasteiger partial charge is 0.488 e. The van der Waals surface area contributed by atoms with E-state index in [0.29, 0.717) is 24.0 Å². The van der Waals surface area contributed by atoms with Gasteiger partial charge < -0.3 is 14.2 Å². The van der Waals surface area contributed by atoms with E-state index in [0.717, 1.165) is 43.2 Å². The van der Waals surface area contributed by atoms with Gasteiger partial charge in [-0.1, -0.05) is 17.3 Å². The van der Waals surface area contributed by atoms with Crippen LogP contribution in [0.15, 0.2) is 28.8 Å². The minimum Gasteiger partial charge on any atom is -0.488 e. The Bertz CT molecular complexity index is 742. The van der Waals surface area contributed by atoms with Crippen molar-refractivity contribution in [3.63, 3.8) is 0 Å². The number of benzene rings is 1. The van der Waals surface area contributed by atoms with E-state index < -0.39 is 0 Å². The van der Waals surface area contributed by atoms with Crippen molar-refractivity contribution < 1.29 is 14.1 Å². The van der Waals surface area contributed by atoms with Crippen molar-refractivity contribution in [2.45, 2.75) is 40.3 Å². The highest BCUT2D eigenvalue weighted by Crippen LogP contribution is 2.23. The quantitative estimate of drug-likeness (QED) is 0.823. The van der Waals surface area contributed by atoms with E-state index in [1.165, 1.54) is 0 Å². The summed E-state index contributed by atoms with van der Waals surface area (Å²) in [4.78, 5) is 17.3. The smallest absolute Gasteiger partial charge is 0.257 e. The molecule has 0 unspecified atom stereocenters. The highest BCUT2D eigenvalue weighted by Gasteiger charge is 2.25. The van der Waals surface area contributed by atoms with Crippen molar-refractivity contribution in [3.05, 3.63) is 46.8 Å². The zero-order valence-electron chi connectivity index (χ0n) is 16.0. The van der Waals surface area contributed by atoms with Crippen molar-refractivity contribution in [2.75, 3.05) is 26.2 Å². The molecular formula is C20H27N3O3. The van der Waals surface area contributed by atoms with Gasteiger partial charge in [-0.25, -0.2) is 0 Å². The number of hydrogen-bond acceptors (Lipinski definition) is 5. The summed E-state index contributed by atoms with van der Waals surface area (Å²) in [5, 5.41) is 3.95. The summed E-state index contributed by atoms with van der Waals surface area (Å²) in [6, 6.07) is 7.95. The topological polar surface area (TPSA) is 58.8 Å². The van der Waals surface area contributed by atoms with Crippen LogP contribution in [0.1, 0.15) is 41.2 Å². The lowest BCUT2D eigenvalue weighted by molar-refractivity contribution is 0.0591. The second-order valence-corrected chi connectivity index (χ2v) is 7.01. The van der Waals surface area contributed by atoms with Crippen LogP contribution in [-0.2, 0) is 6.61 Å². The van der Waals surface area contributed by atoms with Crippen molar-refractivity contribution >= 4 is 5.91 Å². The summed E-state index contributed by atoms with van der Waals surface area (Å²) in [5.41, 5.74) is 2.35. The van der Waals surface area contributed by atoms with E-state index in [1.54, 1.807) is 0 Å². The molecule has 2 aromatic rings. The molecule has 1 amide bonds. The maximum absolute atomic E-state index is 13.0. The van der Waals surface area contributed by atoms with E-state index in [2.05, 4.69) is 23.9 Å². The molecule has 6 heteroatoms. The molecule has 6 nitrogen and oxygen atoms in total. The van der Waals surface area contributed by atoms with Crippen molar-refractivity contribution in [3.8, 4) is 5.75 Å². The van der Waals surface area contributed by atoms with E-state index >= 15 is 0 Å². The Balaban J connectivity index is 1.70. The molecule has 0 atom stereocenters. The number of carbonyl (C=O) groups is 1. The maximum Gasteiger partial charge on any atom is 0.257 e. The fraction of sp³-hybridized carbons (Fsp3) is 0.500. The van der Waals surface area contributed by atoms with Gasteiger partial charge in [-0.3, -0.25) is 9.69 Å². The highest BCUT2D eigenvalue weighted by atomic mass is 16.5. The van der Waals surface area contributed by atoms with Gasteiger partial charge in [0, 0.05) is 32.2 Å². The summed E-state index contributed by atoms with van der Waals surface area (Å²) >= 11 is 0. The first-order chi connectivity index (χ1) is 12.5. The first kappa shape index (κ1) is 18.5. The fourth-order valence-electron chi connectivity index (χ4n) is 3.24. The number of amides is 1. The van der Waals surface area contributed by atoms with Gasteiger partial charge in [-0.05, 0) is 39.8 Å². The van der Waals surface area contributed by atoms with Crippen LogP contribution in [0.4, 0.5) is 0 Å². The van der Waals surface area contributed by atoms with Crippen LogP contribution in [0.3, 0.4) is 0 Å². The monoisotopic (exact) mass is 357 g/mol. The number of ether oxygens (including phenoxy) is 1. The lowest BCUT2D eigenvalue weighted by Crippen LogP contribution is -2.50. The molecular weight excluding hydrogens is 330 g/mol. The molecule has 0 bridgehead atoms. The number of aromatic nitrogens is 1. The Morgan fingerprint density at radius 1 is 1.19 bits per heavy atom. The minimum atomic E-state index is 0.0303. The second-order valence-electron chi connectivity index (χ2n) is 7.01. The molecule has 1 fully saturated rings. The number of nitrogens with zero attached hydrogens (tertiary/aromatic N) is 3.